The summed E-state index contributed by atoms with van der Waals surface area (Å²) < 4.78 is 0. The molecule has 0 aliphatic heterocycles. The lowest BCUT2D eigenvalue weighted by molar-refractivity contribution is 0.102. The Kier molecular flexibility index (Phi) is 5.44. The summed E-state index contributed by atoms with van der Waals surface area (Å²) in [4.78, 5) is 18.2. The maximum atomic E-state index is 12.9. The second kappa shape index (κ2) is 8.15. The molecule has 4 rings (SSSR count). The largest absolute Gasteiger partial charge is 0.331 e. The van der Waals surface area contributed by atoms with E-state index < -0.39 is 0 Å². The molecule has 0 unspecified atom stereocenters. The van der Waals surface area contributed by atoms with Crippen LogP contribution in [0.15, 0.2) is 42.5 Å². The average molecular weight is 392 g/mol. The standard InChI is InChI=1S/C23H25N3OS/c1-3-16-9-5-7-13-19(16)26-23-24-15(2)21(28-23)22(27)25-20-14-8-11-17-10-4-6-12-18(17)20/h5,7-9,11,13-14H,3-4,6,10,12H2,1-2H3,(H,24,26)(H,25,27). The van der Waals surface area contributed by atoms with E-state index in [1.807, 2.05) is 37.3 Å². The van der Waals surface area contributed by atoms with Crippen LogP contribution >= 0.6 is 11.3 Å². The van der Waals surface area contributed by atoms with Crippen molar-refractivity contribution in [1.29, 1.82) is 0 Å². The number of hydrogen-bond acceptors (Lipinski definition) is 4. The van der Waals surface area contributed by atoms with Gasteiger partial charge in [0.05, 0.1) is 5.69 Å². The maximum absolute atomic E-state index is 12.9. The molecule has 4 nitrogen and oxygen atoms in total. The van der Waals surface area contributed by atoms with Gasteiger partial charge in [-0.25, -0.2) is 4.98 Å². The molecule has 1 aliphatic carbocycles. The van der Waals surface area contributed by atoms with Gasteiger partial charge in [-0.15, -0.1) is 0 Å². The van der Waals surface area contributed by atoms with Gasteiger partial charge in [0, 0.05) is 11.4 Å². The molecule has 5 heteroatoms. The fourth-order valence-corrected chi connectivity index (χ4v) is 4.68. The molecule has 0 fully saturated rings. The number of aryl methyl sites for hydroxylation is 3. The van der Waals surface area contributed by atoms with Gasteiger partial charge in [-0.2, -0.15) is 0 Å². The Morgan fingerprint density at radius 3 is 2.71 bits per heavy atom. The van der Waals surface area contributed by atoms with E-state index in [2.05, 4.69) is 34.7 Å². The minimum absolute atomic E-state index is 0.0780. The zero-order valence-corrected chi connectivity index (χ0v) is 17.2. The third-order valence-corrected chi connectivity index (χ3v) is 6.36. The van der Waals surface area contributed by atoms with E-state index in [9.17, 15) is 4.79 Å². The summed E-state index contributed by atoms with van der Waals surface area (Å²) in [7, 11) is 0. The number of carbonyl (C=O) groups is 1. The minimum Gasteiger partial charge on any atom is -0.331 e. The number of para-hydroxylation sites is 1. The zero-order valence-electron chi connectivity index (χ0n) is 16.3. The molecule has 0 atom stereocenters. The second-order valence-corrected chi connectivity index (χ2v) is 8.17. The van der Waals surface area contributed by atoms with Crippen molar-refractivity contribution in [2.75, 3.05) is 10.6 Å². The van der Waals surface area contributed by atoms with Gasteiger partial charge in [0.2, 0.25) is 0 Å². The van der Waals surface area contributed by atoms with E-state index in [0.29, 0.717) is 4.88 Å². The van der Waals surface area contributed by atoms with Crippen molar-refractivity contribution < 1.29 is 4.79 Å². The first-order valence-electron chi connectivity index (χ1n) is 9.90. The predicted octanol–water partition coefficient (Wildman–Crippen LogP) is 5.89. The molecule has 0 radical (unpaired) electrons. The first-order valence-corrected chi connectivity index (χ1v) is 10.7. The number of hydrogen-bond donors (Lipinski definition) is 2. The van der Waals surface area contributed by atoms with Crippen molar-refractivity contribution in [2.45, 2.75) is 46.0 Å². The van der Waals surface area contributed by atoms with Gasteiger partial charge in [-0.05, 0) is 67.9 Å². The Morgan fingerprint density at radius 1 is 1.07 bits per heavy atom. The molecule has 3 aromatic rings. The molecule has 0 saturated carbocycles. The van der Waals surface area contributed by atoms with Gasteiger partial charge in [-0.1, -0.05) is 48.6 Å². The van der Waals surface area contributed by atoms with Crippen molar-refractivity contribution in [3.8, 4) is 0 Å². The fourth-order valence-electron chi connectivity index (χ4n) is 3.80. The van der Waals surface area contributed by atoms with E-state index in [4.69, 9.17) is 0 Å². The lowest BCUT2D eigenvalue weighted by Gasteiger charge is -2.19. The topological polar surface area (TPSA) is 54.0 Å². The van der Waals surface area contributed by atoms with Crippen LogP contribution in [0.3, 0.4) is 0 Å². The zero-order chi connectivity index (χ0) is 19.5. The van der Waals surface area contributed by atoms with Gasteiger partial charge in [0.25, 0.3) is 5.91 Å². The van der Waals surface area contributed by atoms with Crippen molar-refractivity contribution in [3.05, 3.63) is 69.7 Å². The number of benzene rings is 2. The number of thiazole rings is 1. The van der Waals surface area contributed by atoms with Crippen LogP contribution in [-0.2, 0) is 19.3 Å². The minimum atomic E-state index is -0.0780. The molecule has 0 spiro atoms. The summed E-state index contributed by atoms with van der Waals surface area (Å²) in [6, 6.07) is 14.4. The number of anilines is 3. The quantitative estimate of drug-likeness (QED) is 0.570. The summed E-state index contributed by atoms with van der Waals surface area (Å²) in [6.07, 6.45) is 5.49. The Morgan fingerprint density at radius 2 is 1.86 bits per heavy atom. The normalized spacial score (nSPS) is 13.1. The molecule has 144 valence electrons. The Balaban J connectivity index is 1.55. The third-order valence-electron chi connectivity index (χ3n) is 5.29. The van der Waals surface area contributed by atoms with Crippen LogP contribution in [0.2, 0.25) is 0 Å². The highest BCUT2D eigenvalue weighted by atomic mass is 32.1. The van der Waals surface area contributed by atoms with E-state index in [1.165, 1.54) is 40.9 Å². The van der Waals surface area contributed by atoms with Gasteiger partial charge >= 0.3 is 0 Å². The maximum Gasteiger partial charge on any atom is 0.267 e. The molecule has 2 N–H and O–H groups in total. The van der Waals surface area contributed by atoms with Crippen molar-refractivity contribution in [3.63, 3.8) is 0 Å². The molecule has 0 bridgehead atoms. The Hall–Kier alpha value is -2.66. The van der Waals surface area contributed by atoms with Crippen LogP contribution in [0.5, 0.6) is 0 Å². The lowest BCUT2D eigenvalue weighted by atomic mass is 9.90. The van der Waals surface area contributed by atoms with Crippen LogP contribution in [0.4, 0.5) is 16.5 Å². The van der Waals surface area contributed by atoms with Crippen LogP contribution in [0.25, 0.3) is 0 Å². The van der Waals surface area contributed by atoms with E-state index in [1.54, 1.807) is 0 Å². The van der Waals surface area contributed by atoms with Gasteiger partial charge in [0.15, 0.2) is 5.13 Å². The predicted molar refractivity (Wildman–Crippen MR) is 117 cm³/mol. The van der Waals surface area contributed by atoms with E-state index >= 15 is 0 Å². The smallest absolute Gasteiger partial charge is 0.267 e. The third kappa shape index (κ3) is 3.80. The summed E-state index contributed by atoms with van der Waals surface area (Å²) in [6.45, 7) is 4.02. The van der Waals surface area contributed by atoms with Crippen LogP contribution < -0.4 is 10.6 Å². The highest BCUT2D eigenvalue weighted by molar-refractivity contribution is 7.17. The average Bonchev–Trinajstić information content (AvgIpc) is 3.09. The summed E-state index contributed by atoms with van der Waals surface area (Å²) in [5.41, 5.74) is 6.63. The van der Waals surface area contributed by atoms with Crippen LogP contribution in [0.1, 0.15) is 51.8 Å². The highest BCUT2D eigenvalue weighted by Gasteiger charge is 2.19. The molecular formula is C23H25N3OS. The Bertz CT molecular complexity index is 1010. The number of aromatic nitrogens is 1. The molecule has 1 amide bonds. The summed E-state index contributed by atoms with van der Waals surface area (Å²) in [5, 5.41) is 7.26. The molecule has 1 aliphatic rings. The van der Waals surface area contributed by atoms with Crippen molar-refractivity contribution in [2.24, 2.45) is 0 Å². The number of amides is 1. The van der Waals surface area contributed by atoms with Crippen LogP contribution in [0, 0.1) is 6.92 Å². The number of carbonyl (C=O) groups excluding carboxylic acids is 1. The first-order chi connectivity index (χ1) is 13.7. The van der Waals surface area contributed by atoms with Crippen LogP contribution in [-0.4, -0.2) is 10.9 Å². The van der Waals surface area contributed by atoms with E-state index in [0.717, 1.165) is 41.5 Å². The highest BCUT2D eigenvalue weighted by Crippen LogP contribution is 2.31. The number of nitrogens with zero attached hydrogens (tertiary/aromatic N) is 1. The number of nitrogens with one attached hydrogen (secondary N) is 2. The Labute approximate surface area is 170 Å². The van der Waals surface area contributed by atoms with Gasteiger partial charge in [0.1, 0.15) is 4.88 Å². The van der Waals surface area contributed by atoms with Crippen molar-refractivity contribution >= 4 is 33.8 Å². The first kappa shape index (κ1) is 18.7. The van der Waals surface area contributed by atoms with E-state index in [-0.39, 0.29) is 5.91 Å². The molecular weight excluding hydrogens is 366 g/mol. The SMILES string of the molecule is CCc1ccccc1Nc1nc(C)c(C(=O)Nc2cccc3c2CCCC3)s1. The number of fused-ring (bicyclic) bond motifs is 1. The second-order valence-electron chi connectivity index (χ2n) is 7.17. The number of rotatable bonds is 5. The summed E-state index contributed by atoms with van der Waals surface area (Å²) in [5.74, 6) is -0.0780. The molecule has 0 saturated heterocycles. The molecule has 1 heterocycles. The van der Waals surface area contributed by atoms with Gasteiger partial charge < -0.3 is 10.6 Å². The lowest BCUT2D eigenvalue weighted by Crippen LogP contribution is -2.15. The summed E-state index contributed by atoms with van der Waals surface area (Å²) >= 11 is 1.40. The van der Waals surface area contributed by atoms with Crippen molar-refractivity contribution in [1.82, 2.24) is 4.98 Å². The molecule has 2 aromatic carbocycles. The van der Waals surface area contributed by atoms with Gasteiger partial charge in [-0.3, -0.25) is 4.79 Å². The molecule has 28 heavy (non-hydrogen) atoms. The monoisotopic (exact) mass is 391 g/mol. The molecule has 1 aromatic heterocycles. The fraction of sp³-hybridized carbons (Fsp3) is 0.304.